The molecule has 7 nitrogen and oxygen atoms in total. The van der Waals surface area contributed by atoms with E-state index in [-0.39, 0.29) is 0 Å². The van der Waals surface area contributed by atoms with Gasteiger partial charge in [0.05, 0.1) is 5.69 Å². The number of carbonyl (C=O) groups excluding carboxylic acids is 1. The van der Waals surface area contributed by atoms with Gasteiger partial charge in [0, 0.05) is 11.6 Å². The Morgan fingerprint density at radius 1 is 1.04 bits per heavy atom. The Bertz CT molecular complexity index is 1050. The van der Waals surface area contributed by atoms with E-state index in [2.05, 4.69) is 10.4 Å². The van der Waals surface area contributed by atoms with Crippen molar-refractivity contribution in [3.05, 3.63) is 88.5 Å². The molecule has 0 unspecified atom stereocenters. The molecule has 0 spiro atoms. The zero-order valence-electron chi connectivity index (χ0n) is 14.6. The summed E-state index contributed by atoms with van der Waals surface area (Å²) in [6.45, 7) is -0.454. The molecule has 1 heterocycles. The number of nitrogens with one attached hydrogen (secondary N) is 1. The molecule has 2 aromatic carbocycles. The second-order valence-electron chi connectivity index (χ2n) is 5.97. The topological polar surface area (TPSA) is 101 Å². The number of amides is 1. The lowest BCUT2D eigenvalue weighted by atomic mass is 10.1. The number of aromatic nitrogens is 2. The second-order valence-corrected chi connectivity index (χ2v) is 5.97. The zero-order chi connectivity index (χ0) is 20.1. The largest absolute Gasteiger partial charge is 0.479 e. The van der Waals surface area contributed by atoms with E-state index in [1.54, 1.807) is 30.3 Å². The van der Waals surface area contributed by atoms with Crippen LogP contribution in [0.15, 0.2) is 71.5 Å². The molecule has 0 fully saturated rings. The van der Waals surface area contributed by atoms with Crippen molar-refractivity contribution in [3.8, 4) is 11.3 Å². The van der Waals surface area contributed by atoms with Crippen LogP contribution in [0.25, 0.3) is 11.3 Å². The van der Waals surface area contributed by atoms with Crippen molar-refractivity contribution in [2.24, 2.45) is 0 Å². The minimum atomic E-state index is -1.25. The van der Waals surface area contributed by atoms with Crippen LogP contribution in [-0.2, 0) is 16.1 Å². The van der Waals surface area contributed by atoms with Crippen molar-refractivity contribution in [3.63, 3.8) is 0 Å². The molecule has 0 saturated heterocycles. The van der Waals surface area contributed by atoms with Crippen LogP contribution in [0.3, 0.4) is 0 Å². The first kappa shape index (κ1) is 19.0. The number of rotatable bonds is 6. The fraction of sp³-hybridized carbons (Fsp3) is 0.100. The molecule has 3 rings (SSSR count). The van der Waals surface area contributed by atoms with Crippen LogP contribution in [-0.4, -0.2) is 26.8 Å². The maximum atomic E-state index is 13.1. The third kappa shape index (κ3) is 4.47. The van der Waals surface area contributed by atoms with Gasteiger partial charge < -0.3 is 10.4 Å². The Balaban J connectivity index is 1.79. The number of carbonyl (C=O) groups is 2. The van der Waals surface area contributed by atoms with E-state index in [1.807, 2.05) is 0 Å². The molecule has 0 radical (unpaired) electrons. The van der Waals surface area contributed by atoms with Gasteiger partial charge >= 0.3 is 5.97 Å². The number of hydrogen-bond donors (Lipinski definition) is 2. The fourth-order valence-corrected chi connectivity index (χ4v) is 2.61. The number of halogens is 1. The molecular weight excluding hydrogens is 365 g/mol. The highest BCUT2D eigenvalue weighted by Gasteiger charge is 2.22. The van der Waals surface area contributed by atoms with Crippen LogP contribution in [0.4, 0.5) is 4.39 Å². The summed E-state index contributed by atoms with van der Waals surface area (Å²) in [5.41, 5.74) is 0.838. The lowest BCUT2D eigenvalue weighted by molar-refractivity contribution is -0.142. The van der Waals surface area contributed by atoms with Gasteiger partial charge in [-0.05, 0) is 35.9 Å². The summed E-state index contributed by atoms with van der Waals surface area (Å²) in [4.78, 5) is 35.8. The Morgan fingerprint density at radius 2 is 1.71 bits per heavy atom. The first-order valence-corrected chi connectivity index (χ1v) is 8.35. The summed E-state index contributed by atoms with van der Waals surface area (Å²) in [5.74, 6) is -2.31. The molecule has 1 amide bonds. The molecule has 0 aliphatic carbocycles. The number of benzene rings is 2. The molecule has 0 aliphatic heterocycles. The van der Waals surface area contributed by atoms with Crippen LogP contribution >= 0.6 is 0 Å². The molecule has 0 saturated carbocycles. The van der Waals surface area contributed by atoms with Gasteiger partial charge in [0.15, 0.2) is 6.04 Å². The van der Waals surface area contributed by atoms with E-state index in [4.69, 9.17) is 0 Å². The number of nitrogens with zero attached hydrogens (tertiary/aromatic N) is 2. The third-order valence-electron chi connectivity index (χ3n) is 3.99. The standard InChI is InChI=1S/C20H16FN3O4/c21-15-8-6-13(7-9-15)16-10-11-18(26)24(23-16)12-17(25)22-19(20(27)28)14-4-2-1-3-5-14/h1-11,19H,12H2,(H,22,25)(H,27,28)/t19-/m1/s1. The van der Waals surface area contributed by atoms with Gasteiger partial charge in [0.2, 0.25) is 5.91 Å². The summed E-state index contributed by atoms with van der Waals surface area (Å²) in [5, 5.41) is 15.9. The quantitative estimate of drug-likeness (QED) is 0.680. The number of hydrogen-bond acceptors (Lipinski definition) is 4. The van der Waals surface area contributed by atoms with Gasteiger partial charge in [-0.2, -0.15) is 5.10 Å². The van der Waals surface area contributed by atoms with Gasteiger partial charge in [-0.25, -0.2) is 13.9 Å². The molecule has 2 N–H and O–H groups in total. The Labute approximate surface area is 159 Å². The zero-order valence-corrected chi connectivity index (χ0v) is 14.6. The number of carboxylic acid groups (broad SMARTS) is 1. The molecule has 0 bridgehead atoms. The highest BCUT2D eigenvalue weighted by atomic mass is 19.1. The lowest BCUT2D eigenvalue weighted by Crippen LogP contribution is -2.38. The first-order valence-electron chi connectivity index (χ1n) is 8.35. The van der Waals surface area contributed by atoms with E-state index < -0.39 is 35.8 Å². The van der Waals surface area contributed by atoms with E-state index in [0.29, 0.717) is 16.8 Å². The minimum absolute atomic E-state index is 0.380. The highest BCUT2D eigenvalue weighted by Crippen LogP contribution is 2.16. The van der Waals surface area contributed by atoms with Crippen molar-refractivity contribution >= 4 is 11.9 Å². The summed E-state index contributed by atoms with van der Waals surface area (Å²) in [6.07, 6.45) is 0. The SMILES string of the molecule is O=C(Cn1nc(-c2ccc(F)cc2)ccc1=O)N[C@@H](C(=O)O)c1ccccc1. The number of aliphatic carboxylic acids is 1. The van der Waals surface area contributed by atoms with Crippen molar-refractivity contribution in [2.45, 2.75) is 12.6 Å². The van der Waals surface area contributed by atoms with Crippen LogP contribution in [0.2, 0.25) is 0 Å². The van der Waals surface area contributed by atoms with Gasteiger partial charge in [-0.15, -0.1) is 0 Å². The van der Waals surface area contributed by atoms with E-state index >= 15 is 0 Å². The summed E-state index contributed by atoms with van der Waals surface area (Å²) in [6, 6.07) is 15.2. The normalized spacial score (nSPS) is 11.6. The first-order chi connectivity index (χ1) is 13.4. The van der Waals surface area contributed by atoms with Crippen molar-refractivity contribution < 1.29 is 19.1 Å². The van der Waals surface area contributed by atoms with Crippen LogP contribution in [0.1, 0.15) is 11.6 Å². The van der Waals surface area contributed by atoms with Crippen LogP contribution in [0.5, 0.6) is 0 Å². The molecule has 0 aliphatic rings. The van der Waals surface area contributed by atoms with Gasteiger partial charge in [-0.1, -0.05) is 30.3 Å². The number of carboxylic acids is 1. The Kier molecular flexibility index (Phi) is 5.59. The molecule has 28 heavy (non-hydrogen) atoms. The fourth-order valence-electron chi connectivity index (χ4n) is 2.61. The van der Waals surface area contributed by atoms with Crippen molar-refractivity contribution in [1.82, 2.24) is 15.1 Å². The highest BCUT2D eigenvalue weighted by molar-refractivity contribution is 5.84. The van der Waals surface area contributed by atoms with Crippen LogP contribution in [0, 0.1) is 5.82 Å². The Hall–Kier alpha value is -3.81. The third-order valence-corrected chi connectivity index (χ3v) is 3.99. The van der Waals surface area contributed by atoms with Gasteiger partial charge in [0.1, 0.15) is 12.4 Å². The molecule has 142 valence electrons. The van der Waals surface area contributed by atoms with E-state index in [1.165, 1.54) is 36.4 Å². The molecule has 1 aromatic heterocycles. The predicted molar refractivity (Wildman–Crippen MR) is 98.9 cm³/mol. The van der Waals surface area contributed by atoms with Gasteiger partial charge in [0.25, 0.3) is 5.56 Å². The maximum Gasteiger partial charge on any atom is 0.330 e. The van der Waals surface area contributed by atoms with Crippen molar-refractivity contribution in [2.75, 3.05) is 0 Å². The molecule has 8 heteroatoms. The lowest BCUT2D eigenvalue weighted by Gasteiger charge is -2.15. The summed E-state index contributed by atoms with van der Waals surface area (Å²) in [7, 11) is 0. The van der Waals surface area contributed by atoms with Crippen LogP contribution < -0.4 is 10.9 Å². The summed E-state index contributed by atoms with van der Waals surface area (Å²) < 4.78 is 14.0. The monoisotopic (exact) mass is 381 g/mol. The molecule has 1 atom stereocenters. The average Bonchev–Trinajstić information content (AvgIpc) is 2.69. The Morgan fingerprint density at radius 3 is 2.36 bits per heavy atom. The molecular formula is C20H16FN3O4. The average molecular weight is 381 g/mol. The molecule has 3 aromatic rings. The van der Waals surface area contributed by atoms with Crippen molar-refractivity contribution in [1.29, 1.82) is 0 Å². The predicted octanol–water partition coefficient (Wildman–Crippen LogP) is 1.99. The van der Waals surface area contributed by atoms with E-state index in [9.17, 15) is 23.9 Å². The smallest absolute Gasteiger partial charge is 0.330 e. The van der Waals surface area contributed by atoms with Gasteiger partial charge in [-0.3, -0.25) is 9.59 Å². The summed E-state index contributed by atoms with van der Waals surface area (Å²) >= 11 is 0. The minimum Gasteiger partial charge on any atom is -0.479 e. The second kappa shape index (κ2) is 8.26. The maximum absolute atomic E-state index is 13.1. The van der Waals surface area contributed by atoms with E-state index in [0.717, 1.165) is 4.68 Å².